The molecule has 0 fully saturated rings. The fourth-order valence-corrected chi connectivity index (χ4v) is 1.74. The smallest absolute Gasteiger partial charge is 0.252 e. The van der Waals surface area contributed by atoms with E-state index in [-0.39, 0.29) is 18.2 Å². The van der Waals surface area contributed by atoms with Crippen LogP contribution in [0, 0.1) is 0 Å². The lowest BCUT2D eigenvalue weighted by Gasteiger charge is -2.05. The summed E-state index contributed by atoms with van der Waals surface area (Å²) in [4.78, 5) is 15.7. The number of sulfone groups is 1. The Morgan fingerprint density at radius 3 is 2.61 bits per heavy atom. The monoisotopic (exact) mass is 271 g/mol. The van der Waals surface area contributed by atoms with E-state index < -0.39 is 9.84 Å². The Bertz CT molecular complexity index is 497. The summed E-state index contributed by atoms with van der Waals surface area (Å²) < 4.78 is 21.8. The van der Waals surface area contributed by atoms with Gasteiger partial charge in [0.2, 0.25) is 0 Å². The van der Waals surface area contributed by atoms with Crippen LogP contribution in [-0.4, -0.2) is 44.4 Å². The summed E-state index contributed by atoms with van der Waals surface area (Å²) in [7, 11) is -3.06. The molecule has 0 aliphatic carbocycles. The first-order valence-corrected chi connectivity index (χ1v) is 7.64. The van der Waals surface area contributed by atoms with E-state index >= 15 is 0 Å². The van der Waals surface area contributed by atoms with Crippen LogP contribution in [0.4, 0.5) is 5.82 Å². The molecule has 0 saturated heterocycles. The molecule has 1 aromatic rings. The highest BCUT2D eigenvalue weighted by Crippen LogP contribution is 2.04. The molecule has 0 atom stereocenters. The maximum absolute atomic E-state index is 11.6. The molecule has 0 spiro atoms. The second-order valence-electron chi connectivity index (χ2n) is 3.85. The van der Waals surface area contributed by atoms with Crippen LogP contribution in [0.15, 0.2) is 18.3 Å². The van der Waals surface area contributed by atoms with Gasteiger partial charge in [0.15, 0.2) is 0 Å². The number of hydrogen-bond donors (Lipinski definition) is 2. The molecule has 2 N–H and O–H groups in total. The van der Waals surface area contributed by atoms with E-state index in [1.54, 1.807) is 12.1 Å². The Balaban J connectivity index is 2.51. The normalized spacial score (nSPS) is 11.0. The quantitative estimate of drug-likeness (QED) is 0.776. The minimum Gasteiger partial charge on any atom is -0.370 e. The molecule has 0 radical (unpaired) electrons. The van der Waals surface area contributed by atoms with Crippen molar-refractivity contribution in [3.05, 3.63) is 23.9 Å². The predicted molar refractivity (Wildman–Crippen MR) is 70.4 cm³/mol. The maximum Gasteiger partial charge on any atom is 0.252 e. The van der Waals surface area contributed by atoms with Crippen molar-refractivity contribution < 1.29 is 13.2 Å². The van der Waals surface area contributed by atoms with Gasteiger partial charge in [-0.1, -0.05) is 0 Å². The summed E-state index contributed by atoms with van der Waals surface area (Å²) in [5, 5.41) is 5.54. The van der Waals surface area contributed by atoms with Crippen LogP contribution in [-0.2, 0) is 9.84 Å². The lowest BCUT2D eigenvalue weighted by atomic mass is 10.2. The van der Waals surface area contributed by atoms with Crippen molar-refractivity contribution in [2.24, 2.45) is 0 Å². The first kappa shape index (κ1) is 14.4. The second-order valence-corrected chi connectivity index (χ2v) is 6.11. The molecule has 6 nitrogen and oxygen atoms in total. The van der Waals surface area contributed by atoms with Gasteiger partial charge >= 0.3 is 0 Å². The maximum atomic E-state index is 11.6. The zero-order chi connectivity index (χ0) is 13.6. The molecule has 1 amide bonds. The van der Waals surface area contributed by atoms with Gasteiger partial charge in [-0.2, -0.15) is 0 Å². The molecule has 0 unspecified atom stereocenters. The van der Waals surface area contributed by atoms with Crippen molar-refractivity contribution >= 4 is 21.6 Å². The number of carbonyl (C=O) groups is 1. The van der Waals surface area contributed by atoms with Gasteiger partial charge in [-0.05, 0) is 19.1 Å². The molecule has 1 rings (SSSR count). The van der Waals surface area contributed by atoms with Gasteiger partial charge in [-0.15, -0.1) is 0 Å². The van der Waals surface area contributed by atoms with Crippen molar-refractivity contribution in [3.8, 4) is 0 Å². The van der Waals surface area contributed by atoms with Gasteiger partial charge in [0.05, 0.1) is 11.3 Å². The average molecular weight is 271 g/mol. The second kappa shape index (κ2) is 6.34. The summed E-state index contributed by atoms with van der Waals surface area (Å²) in [5.74, 6) is 0.307. The molecule has 100 valence electrons. The molecule has 0 saturated carbocycles. The molecule has 7 heteroatoms. The molecule has 0 aliphatic heterocycles. The minimum atomic E-state index is -3.06. The largest absolute Gasteiger partial charge is 0.370 e. The third kappa shape index (κ3) is 5.13. The van der Waals surface area contributed by atoms with E-state index in [9.17, 15) is 13.2 Å². The molecular weight excluding hydrogens is 254 g/mol. The molecule has 0 bridgehead atoms. The van der Waals surface area contributed by atoms with Gasteiger partial charge in [0.1, 0.15) is 15.7 Å². The number of aromatic nitrogens is 1. The summed E-state index contributed by atoms with van der Waals surface area (Å²) >= 11 is 0. The van der Waals surface area contributed by atoms with E-state index in [2.05, 4.69) is 15.6 Å². The van der Waals surface area contributed by atoms with Crippen LogP contribution in [0.25, 0.3) is 0 Å². The lowest BCUT2D eigenvalue weighted by molar-refractivity contribution is 0.0956. The van der Waals surface area contributed by atoms with Gasteiger partial charge in [-0.25, -0.2) is 13.4 Å². The average Bonchev–Trinajstić information content (AvgIpc) is 2.28. The highest BCUT2D eigenvalue weighted by molar-refractivity contribution is 7.90. The molecule has 0 aliphatic rings. The van der Waals surface area contributed by atoms with Crippen molar-refractivity contribution in [2.75, 3.05) is 30.4 Å². The molecule has 18 heavy (non-hydrogen) atoms. The standard InChI is InChI=1S/C11H17N3O3S/c1-3-12-10-5-4-9(8-14-10)11(15)13-6-7-18(2,16)17/h4-5,8H,3,6-7H2,1-2H3,(H,12,14)(H,13,15). The molecule has 1 heterocycles. The lowest BCUT2D eigenvalue weighted by Crippen LogP contribution is -2.28. The predicted octanol–water partition coefficient (Wildman–Crippen LogP) is 0.288. The Hall–Kier alpha value is -1.63. The number of nitrogens with zero attached hydrogens (tertiary/aromatic N) is 1. The van der Waals surface area contributed by atoms with E-state index in [1.165, 1.54) is 6.20 Å². The highest BCUT2D eigenvalue weighted by atomic mass is 32.2. The van der Waals surface area contributed by atoms with Gasteiger partial charge < -0.3 is 10.6 Å². The van der Waals surface area contributed by atoms with E-state index in [0.29, 0.717) is 11.4 Å². The third-order valence-corrected chi connectivity index (χ3v) is 3.09. The van der Waals surface area contributed by atoms with E-state index in [4.69, 9.17) is 0 Å². The summed E-state index contributed by atoms with van der Waals surface area (Å²) in [6, 6.07) is 3.34. The van der Waals surface area contributed by atoms with Crippen molar-refractivity contribution in [1.82, 2.24) is 10.3 Å². The zero-order valence-electron chi connectivity index (χ0n) is 10.4. The van der Waals surface area contributed by atoms with Crippen LogP contribution < -0.4 is 10.6 Å². The van der Waals surface area contributed by atoms with Gasteiger partial charge in [0.25, 0.3) is 5.91 Å². The van der Waals surface area contributed by atoms with E-state index in [0.717, 1.165) is 12.8 Å². The summed E-state index contributed by atoms with van der Waals surface area (Å²) in [5.41, 5.74) is 0.408. The van der Waals surface area contributed by atoms with E-state index in [1.807, 2.05) is 6.92 Å². The Morgan fingerprint density at radius 2 is 2.11 bits per heavy atom. The van der Waals surface area contributed by atoms with Crippen molar-refractivity contribution in [1.29, 1.82) is 0 Å². The van der Waals surface area contributed by atoms with Crippen LogP contribution >= 0.6 is 0 Å². The first-order chi connectivity index (χ1) is 8.42. The van der Waals surface area contributed by atoms with Crippen molar-refractivity contribution in [2.45, 2.75) is 6.92 Å². The topological polar surface area (TPSA) is 88.2 Å². The number of rotatable bonds is 6. The van der Waals surface area contributed by atoms with Crippen LogP contribution in [0.5, 0.6) is 0 Å². The van der Waals surface area contributed by atoms with Crippen LogP contribution in [0.2, 0.25) is 0 Å². The number of hydrogen-bond acceptors (Lipinski definition) is 5. The molecule has 0 aromatic carbocycles. The number of carbonyl (C=O) groups excluding carboxylic acids is 1. The Kier molecular flexibility index (Phi) is 5.08. The van der Waals surface area contributed by atoms with Gasteiger partial charge in [0, 0.05) is 25.5 Å². The van der Waals surface area contributed by atoms with Gasteiger partial charge in [-0.3, -0.25) is 4.79 Å². The fraction of sp³-hybridized carbons (Fsp3) is 0.455. The van der Waals surface area contributed by atoms with Crippen molar-refractivity contribution in [3.63, 3.8) is 0 Å². The first-order valence-electron chi connectivity index (χ1n) is 5.58. The minimum absolute atomic E-state index is 0.0678. The number of pyridine rings is 1. The third-order valence-electron chi connectivity index (χ3n) is 2.14. The summed E-state index contributed by atoms with van der Waals surface area (Å²) in [6.07, 6.45) is 2.58. The Morgan fingerprint density at radius 1 is 1.39 bits per heavy atom. The van der Waals surface area contributed by atoms with Crippen LogP contribution in [0.1, 0.15) is 17.3 Å². The fourth-order valence-electron chi connectivity index (χ4n) is 1.27. The zero-order valence-corrected chi connectivity index (χ0v) is 11.3. The number of nitrogens with one attached hydrogen (secondary N) is 2. The highest BCUT2D eigenvalue weighted by Gasteiger charge is 2.07. The molecule has 1 aromatic heterocycles. The summed E-state index contributed by atoms with van der Waals surface area (Å²) in [6.45, 7) is 2.81. The Labute approximate surface area is 107 Å². The number of amides is 1. The van der Waals surface area contributed by atoms with Crippen LogP contribution in [0.3, 0.4) is 0 Å². The molecular formula is C11H17N3O3S. The SMILES string of the molecule is CCNc1ccc(C(=O)NCCS(C)(=O)=O)cn1. The number of anilines is 1.